The number of fused-ring (bicyclic) bond motifs is 2. The van der Waals surface area contributed by atoms with Crippen molar-refractivity contribution in [1.82, 2.24) is 10.3 Å². The molecule has 5 atom stereocenters. The summed E-state index contributed by atoms with van der Waals surface area (Å²) in [5.41, 5.74) is 5.81. The smallest absolute Gasteiger partial charge is 0.161 e. The number of ether oxygens (including phenoxy) is 1. The normalized spacial score (nSPS) is 20.7. The van der Waals surface area contributed by atoms with Crippen LogP contribution in [0.3, 0.4) is 0 Å². The van der Waals surface area contributed by atoms with Gasteiger partial charge in [-0.15, -0.1) is 0 Å². The van der Waals surface area contributed by atoms with E-state index in [-0.39, 0.29) is 25.0 Å². The number of hydrogen-bond donors (Lipinski definition) is 6. The summed E-state index contributed by atoms with van der Waals surface area (Å²) in [4.78, 5) is 3.75. The second-order valence-electron chi connectivity index (χ2n) is 13.7. The van der Waals surface area contributed by atoms with E-state index in [1.54, 1.807) is 6.07 Å². The molecule has 0 saturated heterocycles. The number of nitrogens with one attached hydrogen (secondary N) is 2. The maximum atomic E-state index is 10.6. The quantitative estimate of drug-likeness (QED) is 0.0993. The second kappa shape index (κ2) is 16.9. The van der Waals surface area contributed by atoms with Gasteiger partial charge in [0.2, 0.25) is 0 Å². The molecule has 0 spiro atoms. The van der Waals surface area contributed by atoms with Crippen molar-refractivity contribution in [3.8, 4) is 11.5 Å². The van der Waals surface area contributed by atoms with Crippen LogP contribution >= 0.6 is 0 Å². The Morgan fingerprint density at radius 3 is 2.70 bits per heavy atom. The van der Waals surface area contributed by atoms with Gasteiger partial charge in [0.05, 0.1) is 19.3 Å². The predicted molar refractivity (Wildman–Crippen MR) is 180 cm³/mol. The molecule has 2 aliphatic carbocycles. The van der Waals surface area contributed by atoms with E-state index < -0.39 is 6.10 Å². The van der Waals surface area contributed by atoms with Gasteiger partial charge in [0.1, 0.15) is 11.5 Å². The van der Waals surface area contributed by atoms with Gasteiger partial charge < -0.3 is 39.9 Å². The predicted octanol–water partition coefficient (Wildman–Crippen LogP) is 6.11. The Balaban J connectivity index is 1.23. The van der Waals surface area contributed by atoms with E-state index in [0.29, 0.717) is 43.6 Å². The molecule has 0 radical (unpaired) electrons. The zero-order valence-electron chi connectivity index (χ0n) is 27.9. The summed E-state index contributed by atoms with van der Waals surface area (Å²) in [6.07, 6.45) is 12.4. The molecule has 8 nitrogen and oxygen atoms in total. The highest BCUT2D eigenvalue weighted by Crippen LogP contribution is 2.49. The van der Waals surface area contributed by atoms with Crippen LogP contribution in [0.15, 0.2) is 34.7 Å². The van der Waals surface area contributed by atoms with Crippen molar-refractivity contribution in [3.05, 3.63) is 69.9 Å². The topological polar surface area (TPSA) is 131 Å². The number of furan rings is 1. The third-order valence-electron chi connectivity index (χ3n) is 10.3. The molecule has 46 heavy (non-hydrogen) atoms. The van der Waals surface area contributed by atoms with Crippen molar-refractivity contribution >= 4 is 0 Å². The first-order valence-corrected chi connectivity index (χ1v) is 17.8. The number of unbranched alkanes of at least 4 members (excludes halogenated alkanes) is 1. The van der Waals surface area contributed by atoms with Gasteiger partial charge in [0.25, 0.3) is 0 Å². The van der Waals surface area contributed by atoms with Crippen LogP contribution in [-0.2, 0) is 38.7 Å². The van der Waals surface area contributed by atoms with Gasteiger partial charge >= 0.3 is 0 Å². The van der Waals surface area contributed by atoms with Gasteiger partial charge in [-0.2, -0.15) is 0 Å². The summed E-state index contributed by atoms with van der Waals surface area (Å²) in [7, 11) is 0. The number of aliphatic hydroxyl groups is 3. The Labute approximate surface area is 274 Å². The molecule has 1 aromatic carbocycles. The average Bonchev–Trinajstić information content (AvgIpc) is 3.77. The van der Waals surface area contributed by atoms with Gasteiger partial charge in [-0.3, -0.25) is 0 Å². The molecule has 8 heteroatoms. The zero-order chi connectivity index (χ0) is 32.5. The Morgan fingerprint density at radius 2 is 1.91 bits per heavy atom. The summed E-state index contributed by atoms with van der Waals surface area (Å²) in [6, 6.07) is 10.1. The molecule has 6 N–H and O–H groups in total. The first-order valence-electron chi connectivity index (χ1n) is 17.8. The van der Waals surface area contributed by atoms with Crippen molar-refractivity contribution in [2.75, 3.05) is 19.8 Å². The number of H-pyrrole nitrogens is 1. The number of aryl methyl sites for hydroxylation is 4. The molecule has 2 aliphatic rings. The number of aromatic hydroxyl groups is 1. The zero-order valence-corrected chi connectivity index (χ0v) is 27.9. The summed E-state index contributed by atoms with van der Waals surface area (Å²) >= 11 is 0. The molecule has 3 aromatic rings. The van der Waals surface area contributed by atoms with Crippen LogP contribution in [0.25, 0.3) is 0 Å². The molecule has 1 saturated carbocycles. The van der Waals surface area contributed by atoms with E-state index in [4.69, 9.17) is 9.15 Å². The van der Waals surface area contributed by atoms with E-state index in [1.807, 2.05) is 25.1 Å². The Bertz CT molecular complexity index is 1360. The Kier molecular flexibility index (Phi) is 12.7. The lowest BCUT2D eigenvalue weighted by Crippen LogP contribution is -2.42. The van der Waals surface area contributed by atoms with E-state index >= 15 is 0 Å². The molecule has 0 amide bonds. The minimum absolute atomic E-state index is 0.00449. The molecule has 5 rings (SSSR count). The number of aromatic amines is 1. The number of aliphatic hydroxyl groups excluding tert-OH is 3. The standard InChI is InChI=1S/C38H56N2O6/c1-3-4-10-36-28(24-42)21-30(46-36)14-11-26-12-16-35(44)37(20-26)45-19-17-29-22-32-33(40-29)15-13-27-7-5-8-31(27)38(32)34(9-6-18-41)39-23-25(2)43/h12,16,20-22,25,27,31,34,38-44H,3-11,13-15,17-19,23-24H2,1-2H3/t25-,27+,31-,34-,38-/m0/s1. The molecular weight excluding hydrogens is 580 g/mol. The van der Waals surface area contributed by atoms with Crippen LogP contribution in [0.1, 0.15) is 111 Å². The number of aromatic nitrogens is 1. The van der Waals surface area contributed by atoms with Crippen LogP contribution in [0.5, 0.6) is 11.5 Å². The van der Waals surface area contributed by atoms with Gasteiger partial charge in [-0.05, 0) is 99.1 Å². The fourth-order valence-electron chi connectivity index (χ4n) is 7.93. The maximum Gasteiger partial charge on any atom is 0.161 e. The van der Waals surface area contributed by atoms with Crippen molar-refractivity contribution in [1.29, 1.82) is 0 Å². The third kappa shape index (κ3) is 8.77. The molecule has 1 fully saturated rings. The van der Waals surface area contributed by atoms with E-state index in [1.165, 1.54) is 36.9 Å². The van der Waals surface area contributed by atoms with Gasteiger partial charge in [0, 0.05) is 61.3 Å². The minimum atomic E-state index is -0.414. The van der Waals surface area contributed by atoms with Crippen LogP contribution in [0, 0.1) is 11.8 Å². The average molecular weight is 637 g/mol. The lowest BCUT2D eigenvalue weighted by atomic mass is 9.75. The molecule has 0 unspecified atom stereocenters. The van der Waals surface area contributed by atoms with E-state index in [2.05, 4.69) is 23.3 Å². The maximum absolute atomic E-state index is 10.6. The SMILES string of the molecule is CCCCc1oc(CCc2ccc(O)c(OCCc3cc4c([nH]3)CC[C@H]3CCC[C@@H]3[C@@H]4[C@H](CCCO)NC[C@H](C)O)c2)cc1CO. The number of benzene rings is 1. The Morgan fingerprint density at radius 1 is 1.04 bits per heavy atom. The number of phenols is 1. The Hall–Kier alpha value is -2.78. The number of hydrogen-bond acceptors (Lipinski definition) is 7. The summed E-state index contributed by atoms with van der Waals surface area (Å²) < 4.78 is 12.2. The largest absolute Gasteiger partial charge is 0.504 e. The van der Waals surface area contributed by atoms with E-state index in [0.717, 1.165) is 79.2 Å². The number of phenolic OH excluding ortho intramolecular Hbond substituents is 1. The van der Waals surface area contributed by atoms with Crippen molar-refractivity contribution in [2.45, 2.75) is 122 Å². The lowest BCUT2D eigenvalue weighted by molar-refractivity contribution is 0.170. The molecule has 2 heterocycles. The minimum Gasteiger partial charge on any atom is -0.504 e. The van der Waals surface area contributed by atoms with Crippen LogP contribution in [0.2, 0.25) is 0 Å². The van der Waals surface area contributed by atoms with Crippen molar-refractivity contribution in [2.24, 2.45) is 11.8 Å². The van der Waals surface area contributed by atoms with Crippen LogP contribution in [-0.4, -0.2) is 57.3 Å². The highest BCUT2D eigenvalue weighted by Gasteiger charge is 2.41. The molecule has 2 aromatic heterocycles. The van der Waals surface area contributed by atoms with Gasteiger partial charge in [-0.25, -0.2) is 0 Å². The second-order valence-corrected chi connectivity index (χ2v) is 13.7. The summed E-state index contributed by atoms with van der Waals surface area (Å²) in [5, 5.41) is 43.7. The van der Waals surface area contributed by atoms with E-state index in [9.17, 15) is 20.4 Å². The summed E-state index contributed by atoms with van der Waals surface area (Å²) in [5.74, 6) is 4.09. The van der Waals surface area contributed by atoms with Gasteiger partial charge in [-0.1, -0.05) is 32.3 Å². The van der Waals surface area contributed by atoms with Crippen molar-refractivity contribution < 1.29 is 29.6 Å². The molecular formula is C38H56N2O6. The van der Waals surface area contributed by atoms with Crippen LogP contribution < -0.4 is 10.1 Å². The molecule has 0 bridgehead atoms. The highest BCUT2D eigenvalue weighted by molar-refractivity contribution is 5.42. The molecule has 0 aliphatic heterocycles. The highest BCUT2D eigenvalue weighted by atomic mass is 16.5. The lowest BCUT2D eigenvalue weighted by Gasteiger charge is -2.35. The van der Waals surface area contributed by atoms with Crippen LogP contribution in [0.4, 0.5) is 0 Å². The first kappa shape index (κ1) is 34.6. The molecule has 254 valence electrons. The van der Waals surface area contributed by atoms with Crippen molar-refractivity contribution in [3.63, 3.8) is 0 Å². The summed E-state index contributed by atoms with van der Waals surface area (Å²) in [6.45, 7) is 5.15. The van der Waals surface area contributed by atoms with Gasteiger partial charge in [0.15, 0.2) is 11.5 Å². The third-order valence-corrected chi connectivity index (χ3v) is 10.3. The monoisotopic (exact) mass is 636 g/mol. The number of rotatable bonds is 18. The first-order chi connectivity index (χ1) is 22.4. The fraction of sp³-hybridized carbons (Fsp3) is 0.632. The fourth-order valence-corrected chi connectivity index (χ4v) is 7.93.